The first-order chi connectivity index (χ1) is 15.6. The van der Waals surface area contributed by atoms with Crippen molar-refractivity contribution in [1.29, 1.82) is 0 Å². The molecule has 0 unspecified atom stereocenters. The van der Waals surface area contributed by atoms with Crippen molar-refractivity contribution >= 4 is 34.9 Å². The van der Waals surface area contributed by atoms with Gasteiger partial charge in [0.25, 0.3) is 5.69 Å². The molecule has 0 spiro atoms. The molecule has 2 amide bonds. The number of para-hydroxylation sites is 2. The molecule has 1 saturated heterocycles. The van der Waals surface area contributed by atoms with Crippen molar-refractivity contribution in [3.05, 3.63) is 88.6 Å². The van der Waals surface area contributed by atoms with Gasteiger partial charge in [-0.05, 0) is 35.9 Å². The van der Waals surface area contributed by atoms with Gasteiger partial charge in [-0.1, -0.05) is 30.3 Å². The zero-order chi connectivity index (χ0) is 22.3. The largest absolute Gasteiger partial charge is 0.362 e. The topological polar surface area (TPSA) is 91.6 Å². The van der Waals surface area contributed by atoms with Crippen molar-refractivity contribution in [3.8, 4) is 0 Å². The molecule has 164 valence electrons. The number of piperazine rings is 1. The van der Waals surface area contributed by atoms with Crippen molar-refractivity contribution in [1.82, 2.24) is 9.88 Å². The van der Waals surface area contributed by atoms with E-state index in [1.807, 2.05) is 47.4 Å². The first-order valence-corrected chi connectivity index (χ1v) is 11.3. The third-order valence-corrected chi connectivity index (χ3v) is 6.20. The molecule has 32 heavy (non-hydrogen) atoms. The van der Waals surface area contributed by atoms with Gasteiger partial charge in [0, 0.05) is 49.9 Å². The van der Waals surface area contributed by atoms with Gasteiger partial charge in [-0.25, -0.2) is 9.78 Å². The highest BCUT2D eigenvalue weighted by Gasteiger charge is 2.25. The molecule has 0 bridgehead atoms. The molecule has 1 N–H and O–H groups in total. The Kier molecular flexibility index (Phi) is 6.86. The van der Waals surface area contributed by atoms with Crippen LogP contribution in [0.5, 0.6) is 0 Å². The van der Waals surface area contributed by atoms with Gasteiger partial charge in [-0.2, -0.15) is 0 Å². The minimum absolute atomic E-state index is 0.0887. The van der Waals surface area contributed by atoms with Crippen molar-refractivity contribution in [2.45, 2.75) is 10.8 Å². The van der Waals surface area contributed by atoms with Crippen LogP contribution in [0.15, 0.2) is 78.0 Å². The molecular weight excluding hydrogens is 426 g/mol. The molecule has 0 aliphatic carbocycles. The number of carbonyl (C=O) groups is 1. The van der Waals surface area contributed by atoms with Crippen molar-refractivity contribution in [2.24, 2.45) is 0 Å². The molecule has 1 aliphatic heterocycles. The molecule has 1 aliphatic rings. The minimum Gasteiger partial charge on any atom is -0.362 e. The average Bonchev–Trinajstić information content (AvgIpc) is 2.84. The van der Waals surface area contributed by atoms with E-state index in [9.17, 15) is 14.9 Å². The lowest BCUT2D eigenvalue weighted by molar-refractivity contribution is -0.384. The fourth-order valence-corrected chi connectivity index (χ4v) is 4.37. The molecular formula is C23H23N5O3S. The zero-order valence-corrected chi connectivity index (χ0v) is 18.2. The predicted octanol–water partition coefficient (Wildman–Crippen LogP) is 4.64. The summed E-state index contributed by atoms with van der Waals surface area (Å²) in [6.45, 7) is 2.07. The molecule has 3 aromatic rings. The summed E-state index contributed by atoms with van der Waals surface area (Å²) < 4.78 is 0. The van der Waals surface area contributed by atoms with Crippen LogP contribution in [-0.2, 0) is 5.75 Å². The number of urea groups is 1. The highest BCUT2D eigenvalue weighted by Crippen LogP contribution is 2.28. The summed E-state index contributed by atoms with van der Waals surface area (Å²) in [7, 11) is 0. The molecule has 0 radical (unpaired) electrons. The Morgan fingerprint density at radius 1 is 1.03 bits per heavy atom. The summed E-state index contributed by atoms with van der Waals surface area (Å²) in [5, 5.41) is 15.2. The summed E-state index contributed by atoms with van der Waals surface area (Å²) in [5.74, 6) is 0.759. The maximum absolute atomic E-state index is 12.7. The molecule has 9 heteroatoms. The monoisotopic (exact) mass is 449 g/mol. The number of nitrogens with zero attached hydrogens (tertiary/aromatic N) is 4. The van der Waals surface area contributed by atoms with Crippen LogP contribution < -0.4 is 10.2 Å². The SMILES string of the molecule is O=C(Nc1cccc(CSc2ccccn2)c1)N1CCN(c2ccccc2[N+](=O)[O-])CC1. The molecule has 8 nitrogen and oxygen atoms in total. The van der Waals surface area contributed by atoms with E-state index in [1.165, 1.54) is 6.07 Å². The van der Waals surface area contributed by atoms with E-state index in [0.29, 0.717) is 31.9 Å². The number of carbonyl (C=O) groups excluding carboxylic acids is 1. The number of pyridine rings is 1. The van der Waals surface area contributed by atoms with Crippen molar-refractivity contribution in [2.75, 3.05) is 36.4 Å². The lowest BCUT2D eigenvalue weighted by atomic mass is 10.2. The average molecular weight is 450 g/mol. The fraction of sp³-hybridized carbons (Fsp3) is 0.217. The number of nitrogens with one attached hydrogen (secondary N) is 1. The van der Waals surface area contributed by atoms with Gasteiger partial charge in [0.2, 0.25) is 0 Å². The molecule has 0 atom stereocenters. The van der Waals surface area contributed by atoms with Gasteiger partial charge in [0.1, 0.15) is 5.69 Å². The zero-order valence-electron chi connectivity index (χ0n) is 17.4. The van der Waals surface area contributed by atoms with Crippen LogP contribution in [0.1, 0.15) is 5.56 Å². The van der Waals surface area contributed by atoms with E-state index in [1.54, 1.807) is 41.1 Å². The van der Waals surface area contributed by atoms with E-state index in [4.69, 9.17) is 0 Å². The number of thioether (sulfide) groups is 1. The molecule has 2 aromatic carbocycles. The van der Waals surface area contributed by atoms with E-state index < -0.39 is 0 Å². The lowest BCUT2D eigenvalue weighted by Gasteiger charge is -2.35. The van der Waals surface area contributed by atoms with Gasteiger partial charge in [-0.3, -0.25) is 10.1 Å². The first-order valence-electron chi connectivity index (χ1n) is 10.3. The van der Waals surface area contributed by atoms with E-state index in [0.717, 1.165) is 22.0 Å². The Bertz CT molecular complexity index is 1090. The Hall–Kier alpha value is -3.59. The minimum atomic E-state index is -0.368. The molecule has 1 fully saturated rings. The quantitative estimate of drug-likeness (QED) is 0.335. The molecule has 4 rings (SSSR count). The Labute approximate surface area is 190 Å². The second kappa shape index (κ2) is 10.1. The van der Waals surface area contributed by atoms with Gasteiger partial charge in [0.05, 0.1) is 9.95 Å². The highest BCUT2D eigenvalue weighted by molar-refractivity contribution is 7.98. The Morgan fingerprint density at radius 2 is 1.81 bits per heavy atom. The summed E-state index contributed by atoms with van der Waals surface area (Å²) in [6, 6.07) is 20.2. The standard InChI is InChI=1S/C23H23N5O3S/c29-23(25-19-7-5-6-18(16-19)17-32-22-10-3-4-11-24-22)27-14-12-26(13-15-27)20-8-1-2-9-21(20)28(30)31/h1-11,16H,12-15,17H2,(H,25,29). The summed E-state index contributed by atoms with van der Waals surface area (Å²) in [4.78, 5) is 31.7. The van der Waals surface area contributed by atoms with Crippen LogP contribution in [-0.4, -0.2) is 47.0 Å². The van der Waals surface area contributed by atoms with E-state index in [2.05, 4.69) is 10.3 Å². The number of aromatic nitrogens is 1. The number of hydrogen-bond acceptors (Lipinski definition) is 6. The predicted molar refractivity (Wildman–Crippen MR) is 126 cm³/mol. The van der Waals surface area contributed by atoms with Crippen molar-refractivity contribution in [3.63, 3.8) is 0 Å². The smallest absolute Gasteiger partial charge is 0.321 e. The number of amides is 2. The first kappa shape index (κ1) is 21.6. The van der Waals surface area contributed by atoms with Gasteiger partial charge >= 0.3 is 6.03 Å². The van der Waals surface area contributed by atoms with Gasteiger partial charge in [-0.15, -0.1) is 11.8 Å². The normalized spacial score (nSPS) is 13.6. The number of benzene rings is 2. The maximum Gasteiger partial charge on any atom is 0.321 e. The second-order valence-corrected chi connectivity index (χ2v) is 8.30. The number of nitro groups is 1. The Balaban J connectivity index is 1.32. The highest BCUT2D eigenvalue weighted by atomic mass is 32.2. The van der Waals surface area contributed by atoms with Crippen LogP contribution in [0.3, 0.4) is 0 Å². The van der Waals surface area contributed by atoms with Gasteiger partial charge in [0.15, 0.2) is 0 Å². The van der Waals surface area contributed by atoms with Crippen LogP contribution in [0.25, 0.3) is 0 Å². The van der Waals surface area contributed by atoms with Gasteiger partial charge < -0.3 is 15.1 Å². The molecule has 1 aromatic heterocycles. The Morgan fingerprint density at radius 3 is 2.56 bits per heavy atom. The number of hydrogen-bond donors (Lipinski definition) is 1. The number of anilines is 2. The molecule has 2 heterocycles. The van der Waals surface area contributed by atoms with Crippen LogP contribution in [0.4, 0.5) is 21.9 Å². The third kappa shape index (κ3) is 5.36. The van der Waals surface area contributed by atoms with E-state index >= 15 is 0 Å². The van der Waals surface area contributed by atoms with Crippen LogP contribution in [0.2, 0.25) is 0 Å². The molecule has 0 saturated carbocycles. The van der Waals surface area contributed by atoms with Crippen molar-refractivity contribution < 1.29 is 9.72 Å². The lowest BCUT2D eigenvalue weighted by Crippen LogP contribution is -2.50. The van der Waals surface area contributed by atoms with Crippen LogP contribution in [0, 0.1) is 10.1 Å². The number of nitro benzene ring substituents is 1. The summed E-state index contributed by atoms with van der Waals surface area (Å²) in [6.07, 6.45) is 1.77. The summed E-state index contributed by atoms with van der Waals surface area (Å²) in [5.41, 5.74) is 2.52. The van der Waals surface area contributed by atoms with E-state index in [-0.39, 0.29) is 16.6 Å². The number of rotatable bonds is 6. The third-order valence-electron chi connectivity index (χ3n) is 5.19. The summed E-state index contributed by atoms with van der Waals surface area (Å²) >= 11 is 1.64. The second-order valence-electron chi connectivity index (χ2n) is 7.31. The van der Waals surface area contributed by atoms with Crippen LogP contribution >= 0.6 is 11.8 Å². The fourth-order valence-electron chi connectivity index (χ4n) is 3.57. The maximum atomic E-state index is 12.7.